The molecule has 2 aromatic rings. The van der Waals surface area contributed by atoms with Crippen LogP contribution in [0.1, 0.15) is 22.5 Å². The van der Waals surface area contributed by atoms with Gasteiger partial charge in [-0.1, -0.05) is 30.3 Å². The Kier molecular flexibility index (Phi) is 4.84. The van der Waals surface area contributed by atoms with Crippen molar-refractivity contribution < 1.29 is 14.7 Å². The molecule has 0 aliphatic rings. The fourth-order valence-electron chi connectivity index (χ4n) is 1.77. The van der Waals surface area contributed by atoms with Gasteiger partial charge in [0.15, 0.2) is 0 Å². The van der Waals surface area contributed by atoms with Gasteiger partial charge in [-0.3, -0.25) is 4.79 Å². The zero-order valence-electron chi connectivity index (χ0n) is 10.7. The molecule has 1 aromatic heterocycles. The summed E-state index contributed by atoms with van der Waals surface area (Å²) in [5.74, 6) is -1.49. The van der Waals surface area contributed by atoms with Crippen molar-refractivity contribution >= 4 is 23.2 Å². The number of carbonyl (C=O) groups is 2. The summed E-state index contributed by atoms with van der Waals surface area (Å²) in [6.45, 7) is 0. The standard InChI is InChI=1S/C14H14N2O3S/c17-13(12-8-20-9-15-12)16-11(14(18)19)7-6-10-4-2-1-3-5-10/h1-5,8-9,11H,6-7H2,(H,16,17)(H,18,19)/t11-/m0/s1. The Labute approximate surface area is 120 Å². The molecule has 6 heteroatoms. The summed E-state index contributed by atoms with van der Waals surface area (Å²) in [6.07, 6.45) is 0.935. The number of nitrogens with zero attached hydrogens (tertiary/aromatic N) is 1. The molecule has 0 saturated carbocycles. The van der Waals surface area contributed by atoms with E-state index in [9.17, 15) is 9.59 Å². The number of aliphatic carboxylic acids is 1. The van der Waals surface area contributed by atoms with E-state index < -0.39 is 17.9 Å². The SMILES string of the molecule is O=C(N[C@@H](CCc1ccccc1)C(=O)O)c1cscn1. The smallest absolute Gasteiger partial charge is 0.326 e. The van der Waals surface area contributed by atoms with Crippen LogP contribution in [0.5, 0.6) is 0 Å². The molecule has 0 aliphatic heterocycles. The number of amides is 1. The molecule has 0 unspecified atom stereocenters. The maximum absolute atomic E-state index is 11.8. The van der Waals surface area contributed by atoms with Crippen LogP contribution in [-0.2, 0) is 11.2 Å². The number of rotatable bonds is 6. The van der Waals surface area contributed by atoms with Gasteiger partial charge in [-0.15, -0.1) is 11.3 Å². The van der Waals surface area contributed by atoms with Gasteiger partial charge in [0.1, 0.15) is 11.7 Å². The van der Waals surface area contributed by atoms with E-state index >= 15 is 0 Å². The van der Waals surface area contributed by atoms with Crippen LogP contribution in [0.3, 0.4) is 0 Å². The Bertz CT molecular complexity index is 569. The zero-order chi connectivity index (χ0) is 14.4. The van der Waals surface area contributed by atoms with Crippen molar-refractivity contribution in [2.24, 2.45) is 0 Å². The number of nitrogens with one attached hydrogen (secondary N) is 1. The monoisotopic (exact) mass is 290 g/mol. The molecule has 1 heterocycles. The Hall–Kier alpha value is -2.21. The van der Waals surface area contributed by atoms with Crippen LogP contribution in [0.2, 0.25) is 0 Å². The first-order valence-electron chi connectivity index (χ1n) is 6.12. The second-order valence-corrected chi connectivity index (χ2v) is 4.98. The van der Waals surface area contributed by atoms with Gasteiger partial charge < -0.3 is 10.4 Å². The first-order valence-corrected chi connectivity index (χ1v) is 7.07. The molecule has 0 saturated heterocycles. The Balaban J connectivity index is 1.94. The Morgan fingerprint density at radius 1 is 1.30 bits per heavy atom. The molecular weight excluding hydrogens is 276 g/mol. The van der Waals surface area contributed by atoms with Crippen LogP contribution in [0, 0.1) is 0 Å². The van der Waals surface area contributed by atoms with Crippen molar-refractivity contribution in [2.75, 3.05) is 0 Å². The maximum Gasteiger partial charge on any atom is 0.326 e. The summed E-state index contributed by atoms with van der Waals surface area (Å²) < 4.78 is 0. The highest BCUT2D eigenvalue weighted by molar-refractivity contribution is 7.07. The van der Waals surface area contributed by atoms with E-state index in [0.717, 1.165) is 5.56 Å². The molecule has 0 aliphatic carbocycles. The highest BCUT2D eigenvalue weighted by atomic mass is 32.1. The highest BCUT2D eigenvalue weighted by Gasteiger charge is 2.21. The molecule has 0 fully saturated rings. The fourth-order valence-corrected chi connectivity index (χ4v) is 2.30. The van der Waals surface area contributed by atoms with Crippen molar-refractivity contribution in [1.82, 2.24) is 10.3 Å². The van der Waals surface area contributed by atoms with Crippen molar-refractivity contribution in [3.63, 3.8) is 0 Å². The molecule has 0 bridgehead atoms. The van der Waals surface area contributed by atoms with Crippen molar-refractivity contribution in [3.05, 3.63) is 52.5 Å². The topological polar surface area (TPSA) is 79.3 Å². The zero-order valence-corrected chi connectivity index (χ0v) is 11.5. The third-order valence-corrected chi connectivity index (χ3v) is 3.42. The molecule has 20 heavy (non-hydrogen) atoms. The van der Waals surface area contributed by atoms with Crippen LogP contribution in [0.4, 0.5) is 0 Å². The van der Waals surface area contributed by atoms with Crippen LogP contribution >= 0.6 is 11.3 Å². The summed E-state index contributed by atoms with van der Waals surface area (Å²) in [5.41, 5.74) is 2.83. The van der Waals surface area contributed by atoms with Gasteiger partial charge in [-0.05, 0) is 18.4 Å². The minimum Gasteiger partial charge on any atom is -0.480 e. The number of thiazole rings is 1. The maximum atomic E-state index is 11.8. The van der Waals surface area contributed by atoms with Gasteiger partial charge in [-0.2, -0.15) is 0 Å². The van der Waals surface area contributed by atoms with Crippen LogP contribution in [0.25, 0.3) is 0 Å². The Morgan fingerprint density at radius 3 is 2.65 bits per heavy atom. The van der Waals surface area contributed by atoms with E-state index in [0.29, 0.717) is 12.8 Å². The van der Waals surface area contributed by atoms with Crippen LogP contribution < -0.4 is 5.32 Å². The largest absolute Gasteiger partial charge is 0.480 e. The molecular formula is C14H14N2O3S. The number of aryl methyl sites for hydroxylation is 1. The van der Waals surface area contributed by atoms with Gasteiger partial charge in [0.25, 0.3) is 5.91 Å². The summed E-state index contributed by atoms with van der Waals surface area (Å²) in [4.78, 5) is 26.9. The molecule has 2 N–H and O–H groups in total. The second-order valence-electron chi connectivity index (χ2n) is 4.26. The number of carboxylic acid groups (broad SMARTS) is 1. The Morgan fingerprint density at radius 2 is 2.05 bits per heavy atom. The normalized spacial score (nSPS) is 11.8. The van der Waals surface area contributed by atoms with E-state index in [1.165, 1.54) is 16.8 Å². The number of aromatic nitrogens is 1. The number of carbonyl (C=O) groups excluding carboxylic acids is 1. The van der Waals surface area contributed by atoms with E-state index in [2.05, 4.69) is 10.3 Å². The molecule has 2 rings (SSSR count). The summed E-state index contributed by atoms with van der Waals surface area (Å²) >= 11 is 1.29. The van der Waals surface area contributed by atoms with E-state index in [-0.39, 0.29) is 5.69 Å². The summed E-state index contributed by atoms with van der Waals surface area (Å²) in [5, 5.41) is 13.2. The number of carboxylic acids is 1. The quantitative estimate of drug-likeness (QED) is 0.852. The lowest BCUT2D eigenvalue weighted by atomic mass is 10.1. The van der Waals surface area contributed by atoms with Gasteiger partial charge in [0.05, 0.1) is 5.51 Å². The van der Waals surface area contributed by atoms with E-state index in [4.69, 9.17) is 5.11 Å². The second kappa shape index (κ2) is 6.81. The average Bonchev–Trinajstić information content (AvgIpc) is 2.98. The summed E-state index contributed by atoms with van der Waals surface area (Å²) in [7, 11) is 0. The molecule has 5 nitrogen and oxygen atoms in total. The lowest BCUT2D eigenvalue weighted by molar-refractivity contribution is -0.139. The number of hydrogen-bond acceptors (Lipinski definition) is 4. The minimum absolute atomic E-state index is 0.251. The molecule has 1 amide bonds. The van der Waals surface area contributed by atoms with E-state index in [1.807, 2.05) is 30.3 Å². The average molecular weight is 290 g/mol. The highest BCUT2D eigenvalue weighted by Crippen LogP contribution is 2.07. The van der Waals surface area contributed by atoms with Gasteiger partial charge >= 0.3 is 5.97 Å². The lowest BCUT2D eigenvalue weighted by Gasteiger charge is -2.13. The molecule has 0 radical (unpaired) electrons. The lowest BCUT2D eigenvalue weighted by Crippen LogP contribution is -2.41. The molecule has 0 spiro atoms. The predicted octanol–water partition coefficient (Wildman–Crippen LogP) is 1.96. The van der Waals surface area contributed by atoms with Crippen molar-refractivity contribution in [3.8, 4) is 0 Å². The number of benzene rings is 1. The fraction of sp³-hybridized carbons (Fsp3) is 0.214. The number of hydrogen-bond donors (Lipinski definition) is 2. The van der Waals surface area contributed by atoms with Crippen LogP contribution in [0.15, 0.2) is 41.2 Å². The first kappa shape index (κ1) is 14.2. The first-order chi connectivity index (χ1) is 9.66. The van der Waals surface area contributed by atoms with Gasteiger partial charge in [-0.25, -0.2) is 9.78 Å². The molecule has 1 aromatic carbocycles. The van der Waals surface area contributed by atoms with Crippen LogP contribution in [-0.4, -0.2) is 28.0 Å². The minimum atomic E-state index is -1.04. The van der Waals surface area contributed by atoms with Gasteiger partial charge in [0.2, 0.25) is 0 Å². The predicted molar refractivity (Wildman–Crippen MR) is 75.8 cm³/mol. The molecule has 104 valence electrons. The van der Waals surface area contributed by atoms with Crippen molar-refractivity contribution in [1.29, 1.82) is 0 Å². The summed E-state index contributed by atoms with van der Waals surface area (Å²) in [6, 6.07) is 8.66. The molecule has 1 atom stereocenters. The van der Waals surface area contributed by atoms with E-state index in [1.54, 1.807) is 5.38 Å². The third kappa shape index (κ3) is 3.89. The third-order valence-electron chi connectivity index (χ3n) is 2.83. The van der Waals surface area contributed by atoms with Gasteiger partial charge in [0, 0.05) is 5.38 Å². The van der Waals surface area contributed by atoms with Crippen molar-refractivity contribution in [2.45, 2.75) is 18.9 Å².